The fourth-order valence-corrected chi connectivity index (χ4v) is 3.89. The van der Waals surface area contributed by atoms with Gasteiger partial charge in [0.15, 0.2) is 0 Å². The standard InChI is InChI=1S/C19H21NO4/c1-2-11-3-6-17-13(7-11)16(10-24-17)18(21)20-8-14(12-4-5-12)15(9-20)19(22)23/h3,6-7,10,12,14-15H,2,4-5,8-9H2,1H3,(H,22,23)/t14-,15+/m1/s1. The minimum atomic E-state index is -0.785. The van der Waals surface area contributed by atoms with Crippen LogP contribution < -0.4 is 0 Å². The average Bonchev–Trinajstić information content (AvgIpc) is 3.19. The third-order valence-corrected chi connectivity index (χ3v) is 5.47. The van der Waals surface area contributed by atoms with E-state index in [1.54, 1.807) is 4.90 Å². The van der Waals surface area contributed by atoms with Gasteiger partial charge < -0.3 is 14.4 Å². The van der Waals surface area contributed by atoms with E-state index >= 15 is 0 Å². The topological polar surface area (TPSA) is 70.8 Å². The maximum Gasteiger partial charge on any atom is 0.308 e. The number of likely N-dealkylation sites (tertiary alicyclic amines) is 1. The minimum Gasteiger partial charge on any atom is -0.481 e. The highest BCUT2D eigenvalue weighted by atomic mass is 16.4. The number of carbonyl (C=O) groups is 2. The molecule has 2 atom stereocenters. The zero-order chi connectivity index (χ0) is 16.8. The first-order valence-electron chi connectivity index (χ1n) is 8.60. The van der Waals surface area contributed by atoms with Gasteiger partial charge in [0.25, 0.3) is 5.91 Å². The van der Waals surface area contributed by atoms with Crippen molar-refractivity contribution in [2.75, 3.05) is 13.1 Å². The van der Waals surface area contributed by atoms with Gasteiger partial charge in [-0.15, -0.1) is 0 Å². The Hall–Kier alpha value is -2.30. The first-order chi connectivity index (χ1) is 11.6. The molecule has 1 amide bonds. The maximum absolute atomic E-state index is 13.0. The van der Waals surface area contributed by atoms with Crippen LogP contribution in [0.25, 0.3) is 11.0 Å². The lowest BCUT2D eigenvalue weighted by Gasteiger charge is -2.15. The van der Waals surface area contributed by atoms with E-state index in [2.05, 4.69) is 6.92 Å². The molecule has 1 saturated heterocycles. The molecule has 0 radical (unpaired) electrons. The Morgan fingerprint density at radius 3 is 2.75 bits per heavy atom. The molecule has 1 aliphatic heterocycles. The van der Waals surface area contributed by atoms with Gasteiger partial charge in [-0.1, -0.05) is 13.0 Å². The third kappa shape index (κ3) is 2.48. The quantitative estimate of drug-likeness (QED) is 0.936. The summed E-state index contributed by atoms with van der Waals surface area (Å²) >= 11 is 0. The van der Waals surface area contributed by atoms with Crippen LogP contribution in [-0.2, 0) is 11.2 Å². The summed E-state index contributed by atoms with van der Waals surface area (Å²) in [4.78, 5) is 26.2. The van der Waals surface area contributed by atoms with E-state index < -0.39 is 11.9 Å². The number of furan rings is 1. The van der Waals surface area contributed by atoms with E-state index in [1.807, 2.05) is 18.2 Å². The number of aryl methyl sites for hydroxylation is 1. The highest BCUT2D eigenvalue weighted by molar-refractivity contribution is 6.06. The Balaban J connectivity index is 1.63. The normalized spacial score (nSPS) is 23.8. The van der Waals surface area contributed by atoms with Crippen LogP contribution in [0.5, 0.6) is 0 Å². The summed E-state index contributed by atoms with van der Waals surface area (Å²) < 4.78 is 5.53. The van der Waals surface area contributed by atoms with Crippen LogP contribution >= 0.6 is 0 Å². The number of amides is 1. The van der Waals surface area contributed by atoms with Crippen LogP contribution in [-0.4, -0.2) is 35.0 Å². The van der Waals surface area contributed by atoms with Crippen LogP contribution in [0.2, 0.25) is 0 Å². The molecule has 2 aliphatic rings. The molecule has 1 N–H and O–H groups in total. The van der Waals surface area contributed by atoms with E-state index in [0.29, 0.717) is 30.2 Å². The number of hydrogen-bond donors (Lipinski definition) is 1. The molecule has 1 aromatic carbocycles. The molecule has 1 saturated carbocycles. The molecule has 126 valence electrons. The molecule has 4 rings (SSSR count). The molecule has 2 aromatic rings. The van der Waals surface area contributed by atoms with Gasteiger partial charge in [0, 0.05) is 18.5 Å². The second-order valence-corrected chi connectivity index (χ2v) is 6.99. The van der Waals surface area contributed by atoms with Crippen molar-refractivity contribution >= 4 is 22.8 Å². The molecular formula is C19H21NO4. The Kier molecular flexibility index (Phi) is 3.59. The van der Waals surface area contributed by atoms with Crippen LogP contribution in [0, 0.1) is 17.8 Å². The predicted octanol–water partition coefficient (Wildman–Crippen LogP) is 3.18. The predicted molar refractivity (Wildman–Crippen MR) is 88.8 cm³/mol. The molecule has 1 aromatic heterocycles. The van der Waals surface area contributed by atoms with Crippen LogP contribution in [0.3, 0.4) is 0 Å². The molecule has 2 heterocycles. The lowest BCUT2D eigenvalue weighted by Crippen LogP contribution is -2.29. The van der Waals surface area contributed by atoms with Gasteiger partial charge in [-0.2, -0.15) is 0 Å². The zero-order valence-electron chi connectivity index (χ0n) is 13.7. The average molecular weight is 327 g/mol. The smallest absolute Gasteiger partial charge is 0.308 e. The number of aliphatic carboxylic acids is 1. The number of carboxylic acid groups (broad SMARTS) is 1. The number of carboxylic acids is 1. The van der Waals surface area contributed by atoms with Crippen LogP contribution in [0.1, 0.15) is 35.7 Å². The van der Waals surface area contributed by atoms with E-state index in [0.717, 1.165) is 30.2 Å². The maximum atomic E-state index is 13.0. The third-order valence-electron chi connectivity index (χ3n) is 5.47. The zero-order valence-corrected chi connectivity index (χ0v) is 13.7. The van der Waals surface area contributed by atoms with Crippen molar-refractivity contribution in [2.24, 2.45) is 17.8 Å². The fourth-order valence-electron chi connectivity index (χ4n) is 3.89. The molecule has 0 spiro atoms. The summed E-state index contributed by atoms with van der Waals surface area (Å²) in [6, 6.07) is 5.89. The Labute approximate surface area is 140 Å². The number of rotatable bonds is 4. The Morgan fingerprint density at radius 2 is 2.08 bits per heavy atom. The molecule has 0 unspecified atom stereocenters. The Bertz CT molecular complexity index is 805. The van der Waals surface area contributed by atoms with Crippen molar-refractivity contribution in [1.29, 1.82) is 0 Å². The molecule has 2 fully saturated rings. The molecule has 0 bridgehead atoms. The molecule has 24 heavy (non-hydrogen) atoms. The lowest BCUT2D eigenvalue weighted by atomic mass is 9.92. The number of carbonyl (C=O) groups excluding carboxylic acids is 1. The molecule has 5 nitrogen and oxygen atoms in total. The van der Waals surface area contributed by atoms with E-state index in [9.17, 15) is 14.7 Å². The van der Waals surface area contributed by atoms with Crippen molar-refractivity contribution in [3.63, 3.8) is 0 Å². The summed E-state index contributed by atoms with van der Waals surface area (Å²) in [5.41, 5.74) is 2.39. The summed E-state index contributed by atoms with van der Waals surface area (Å²) in [6.45, 7) is 2.91. The molecular weight excluding hydrogens is 306 g/mol. The monoisotopic (exact) mass is 327 g/mol. The largest absolute Gasteiger partial charge is 0.481 e. The van der Waals surface area contributed by atoms with Gasteiger partial charge in [-0.05, 0) is 48.8 Å². The van der Waals surface area contributed by atoms with Gasteiger partial charge in [-0.3, -0.25) is 9.59 Å². The summed E-state index contributed by atoms with van der Waals surface area (Å²) in [6.07, 6.45) is 4.58. The van der Waals surface area contributed by atoms with E-state index in [-0.39, 0.29) is 11.8 Å². The fraction of sp³-hybridized carbons (Fsp3) is 0.474. The second kappa shape index (κ2) is 5.65. The Morgan fingerprint density at radius 1 is 1.29 bits per heavy atom. The van der Waals surface area contributed by atoms with Crippen molar-refractivity contribution < 1.29 is 19.1 Å². The first-order valence-corrected chi connectivity index (χ1v) is 8.60. The van der Waals surface area contributed by atoms with Crippen LogP contribution in [0.15, 0.2) is 28.9 Å². The van der Waals surface area contributed by atoms with Gasteiger partial charge in [-0.25, -0.2) is 0 Å². The number of fused-ring (bicyclic) bond motifs is 1. The summed E-state index contributed by atoms with van der Waals surface area (Å²) in [5.74, 6) is -0.776. The van der Waals surface area contributed by atoms with Gasteiger partial charge >= 0.3 is 5.97 Å². The highest BCUT2D eigenvalue weighted by Crippen LogP contribution is 2.44. The van der Waals surface area contributed by atoms with Gasteiger partial charge in [0.05, 0.1) is 11.5 Å². The number of hydrogen-bond acceptors (Lipinski definition) is 3. The number of benzene rings is 1. The minimum absolute atomic E-state index is 0.0933. The van der Waals surface area contributed by atoms with Crippen molar-refractivity contribution in [3.05, 3.63) is 35.6 Å². The second-order valence-electron chi connectivity index (χ2n) is 6.99. The first kappa shape index (κ1) is 15.2. The number of nitrogens with zero attached hydrogens (tertiary/aromatic N) is 1. The van der Waals surface area contributed by atoms with Crippen molar-refractivity contribution in [3.8, 4) is 0 Å². The highest BCUT2D eigenvalue weighted by Gasteiger charge is 2.47. The van der Waals surface area contributed by atoms with Gasteiger partial charge in [0.1, 0.15) is 11.8 Å². The van der Waals surface area contributed by atoms with Gasteiger partial charge in [0.2, 0.25) is 0 Å². The van der Waals surface area contributed by atoms with Crippen LogP contribution in [0.4, 0.5) is 0 Å². The molecule has 5 heteroatoms. The van der Waals surface area contributed by atoms with Crippen molar-refractivity contribution in [1.82, 2.24) is 4.90 Å². The van der Waals surface area contributed by atoms with E-state index in [4.69, 9.17) is 4.42 Å². The van der Waals surface area contributed by atoms with Crippen molar-refractivity contribution in [2.45, 2.75) is 26.2 Å². The SMILES string of the molecule is CCc1ccc2occ(C(=O)N3C[C@H](C(=O)O)[C@@H](C4CC4)C3)c2c1. The molecule has 1 aliphatic carbocycles. The summed E-state index contributed by atoms with van der Waals surface area (Å²) in [7, 11) is 0. The lowest BCUT2D eigenvalue weighted by molar-refractivity contribution is -0.142. The summed E-state index contributed by atoms with van der Waals surface area (Å²) in [5, 5.41) is 10.3. The van der Waals surface area contributed by atoms with E-state index in [1.165, 1.54) is 6.26 Å².